The number of ether oxygens (including phenoxy) is 2. The first-order valence-corrected chi connectivity index (χ1v) is 19.7. The molecular weight excluding hydrogens is 782 g/mol. The number of hydrogen-bond donors (Lipinski definition) is 4. The summed E-state index contributed by atoms with van der Waals surface area (Å²) in [4.78, 5) is 25.2. The summed E-state index contributed by atoms with van der Waals surface area (Å²) in [7, 11) is 0. The van der Waals surface area contributed by atoms with E-state index in [2.05, 4.69) is 23.6 Å². The van der Waals surface area contributed by atoms with Crippen molar-refractivity contribution in [1.82, 2.24) is 5.32 Å². The highest BCUT2D eigenvalue weighted by atomic mass is 35.5. The van der Waals surface area contributed by atoms with Gasteiger partial charge in [0.15, 0.2) is 0 Å². The van der Waals surface area contributed by atoms with Gasteiger partial charge in [0, 0.05) is 38.1 Å². The normalized spacial score (nSPS) is 12.8. The van der Waals surface area contributed by atoms with E-state index in [9.17, 15) is 19.8 Å². The molecule has 0 unspecified atom stereocenters. The zero-order chi connectivity index (χ0) is 39.6. The lowest BCUT2D eigenvalue weighted by Crippen LogP contribution is -2.26. The molecule has 0 atom stereocenters. The summed E-state index contributed by atoms with van der Waals surface area (Å²) in [5.74, 6) is 0.335. The number of hydrogen-bond acceptors (Lipinski definition) is 6. The van der Waals surface area contributed by atoms with Crippen LogP contribution in [0.1, 0.15) is 82.9 Å². The number of aryl methyl sites for hydroxylation is 2. The molecule has 0 heterocycles. The van der Waals surface area contributed by atoms with Gasteiger partial charge in [0.1, 0.15) is 23.0 Å². The molecule has 5 aromatic rings. The average molecular weight is 827 g/mol. The van der Waals surface area contributed by atoms with Crippen molar-refractivity contribution >= 4 is 74.7 Å². The van der Waals surface area contributed by atoms with E-state index in [1.807, 2.05) is 50.2 Å². The third-order valence-electron chi connectivity index (χ3n) is 9.27. The molecular formula is C43H44Cl4N2O6. The van der Waals surface area contributed by atoms with Crippen molar-refractivity contribution in [2.45, 2.75) is 71.8 Å². The summed E-state index contributed by atoms with van der Waals surface area (Å²) in [6.45, 7) is 6.89. The molecule has 1 aliphatic carbocycles. The highest BCUT2D eigenvalue weighted by molar-refractivity contribution is 6.38. The summed E-state index contributed by atoms with van der Waals surface area (Å²) < 4.78 is 12.2. The van der Waals surface area contributed by atoms with Gasteiger partial charge in [-0.2, -0.15) is 0 Å². The lowest BCUT2D eigenvalue weighted by atomic mass is 9.97. The Morgan fingerprint density at radius 1 is 0.782 bits per heavy atom. The maximum Gasteiger partial charge on any atom is 0.259 e. The quantitative estimate of drug-likeness (QED) is 0.0986. The number of amides is 2. The summed E-state index contributed by atoms with van der Waals surface area (Å²) in [5, 5.41) is 29.0. The third kappa shape index (κ3) is 10.9. The Bertz CT molecular complexity index is 2150. The lowest BCUT2D eigenvalue weighted by molar-refractivity contribution is 0.0946. The minimum absolute atomic E-state index is 0.00868. The van der Waals surface area contributed by atoms with Gasteiger partial charge >= 0.3 is 0 Å². The first-order valence-electron chi connectivity index (χ1n) is 18.2. The molecule has 0 bridgehead atoms. The fraction of sp³-hybridized carbons (Fsp3) is 0.302. The van der Waals surface area contributed by atoms with E-state index in [0.29, 0.717) is 63.4 Å². The largest absolute Gasteiger partial charge is 0.506 e. The second-order valence-electron chi connectivity index (χ2n) is 13.4. The van der Waals surface area contributed by atoms with Crippen LogP contribution in [-0.4, -0.2) is 41.3 Å². The number of nitrogens with one attached hydrogen (secondary N) is 2. The number of anilines is 1. The molecule has 290 valence electrons. The van der Waals surface area contributed by atoms with Crippen LogP contribution in [-0.2, 0) is 6.42 Å². The first-order chi connectivity index (χ1) is 26.4. The first kappa shape index (κ1) is 41.8. The minimum Gasteiger partial charge on any atom is -0.506 e. The Morgan fingerprint density at radius 2 is 1.45 bits per heavy atom. The van der Waals surface area contributed by atoms with Crippen LogP contribution in [0.3, 0.4) is 0 Å². The van der Waals surface area contributed by atoms with Gasteiger partial charge in [0.25, 0.3) is 11.8 Å². The van der Waals surface area contributed by atoms with E-state index in [1.165, 1.54) is 30.2 Å². The second-order valence-corrected chi connectivity index (χ2v) is 15.1. The molecule has 0 radical (unpaired) electrons. The van der Waals surface area contributed by atoms with Crippen molar-refractivity contribution < 1.29 is 29.3 Å². The van der Waals surface area contributed by atoms with E-state index in [1.54, 1.807) is 12.1 Å². The molecule has 1 fully saturated rings. The fourth-order valence-corrected chi connectivity index (χ4v) is 7.69. The van der Waals surface area contributed by atoms with Crippen LogP contribution in [0.5, 0.6) is 23.0 Å². The molecule has 1 aliphatic rings. The van der Waals surface area contributed by atoms with E-state index < -0.39 is 5.91 Å². The van der Waals surface area contributed by atoms with Crippen molar-refractivity contribution in [3.8, 4) is 23.0 Å². The summed E-state index contributed by atoms with van der Waals surface area (Å²) in [6, 6.07) is 21.3. The third-order valence-corrected chi connectivity index (χ3v) is 10.5. The second kappa shape index (κ2) is 19.5. The van der Waals surface area contributed by atoms with Crippen LogP contribution in [0.25, 0.3) is 10.8 Å². The fourth-order valence-electron chi connectivity index (χ4n) is 6.44. The maximum absolute atomic E-state index is 12.9. The summed E-state index contributed by atoms with van der Waals surface area (Å²) in [6.07, 6.45) is 6.99. The summed E-state index contributed by atoms with van der Waals surface area (Å²) >= 11 is 23.9. The molecule has 0 saturated heterocycles. The van der Waals surface area contributed by atoms with Crippen molar-refractivity contribution in [3.63, 3.8) is 0 Å². The van der Waals surface area contributed by atoms with Gasteiger partial charge in [-0.3, -0.25) is 9.59 Å². The van der Waals surface area contributed by atoms with E-state index in [-0.39, 0.29) is 39.7 Å². The van der Waals surface area contributed by atoms with Crippen LogP contribution >= 0.6 is 46.4 Å². The van der Waals surface area contributed by atoms with Gasteiger partial charge in [-0.25, -0.2) is 0 Å². The number of carbonyl (C=O) groups is 2. The molecule has 8 nitrogen and oxygen atoms in total. The smallest absolute Gasteiger partial charge is 0.259 e. The average Bonchev–Trinajstić information content (AvgIpc) is 3.15. The van der Waals surface area contributed by atoms with Gasteiger partial charge in [-0.05, 0) is 99.9 Å². The highest BCUT2D eigenvalue weighted by Crippen LogP contribution is 2.39. The lowest BCUT2D eigenvalue weighted by Gasteiger charge is -2.24. The van der Waals surface area contributed by atoms with E-state index in [0.717, 1.165) is 42.4 Å². The van der Waals surface area contributed by atoms with E-state index >= 15 is 0 Å². The molecule has 0 aromatic heterocycles. The number of rotatable bonds is 11. The molecule has 55 heavy (non-hydrogen) atoms. The van der Waals surface area contributed by atoms with Crippen LogP contribution in [0, 0.1) is 13.8 Å². The monoisotopic (exact) mass is 824 g/mol. The zero-order valence-electron chi connectivity index (χ0n) is 30.9. The highest BCUT2D eigenvalue weighted by Gasteiger charge is 2.22. The van der Waals surface area contributed by atoms with Crippen LogP contribution in [0.15, 0.2) is 72.8 Å². The molecule has 0 aliphatic heterocycles. The Hall–Kier alpha value is -4.34. The topological polar surface area (TPSA) is 117 Å². The standard InChI is InChI=1S/C28H33NO4.C15H11Cl4NO2/c1-19-13-14-25(20(2)17-19)32-16-8-15-29-28(31)24-18-26(33-21-9-4-3-5-10-21)22-11-6-7-12-23(22)27(24)30;1-2-10-12(18)6-11(14(21)13(10)19)15(22)20-9-4-7(16)3-8(17)5-9/h6-7,11-14,17-18,21,30H,3-5,8-10,15-16H2,1-2H3,(H,29,31);3-6,21H,2H2,1H3,(H,20,22). The number of halogens is 4. The van der Waals surface area contributed by atoms with Crippen molar-refractivity contribution in [2.75, 3.05) is 18.5 Å². The minimum atomic E-state index is -0.567. The predicted octanol–water partition coefficient (Wildman–Crippen LogP) is 11.9. The number of aromatic hydroxyl groups is 2. The van der Waals surface area contributed by atoms with Gasteiger partial charge in [-0.1, -0.05) is 102 Å². The molecule has 6 rings (SSSR count). The molecule has 12 heteroatoms. The Balaban J connectivity index is 0.000000229. The van der Waals surface area contributed by atoms with Crippen LogP contribution in [0.2, 0.25) is 20.1 Å². The maximum atomic E-state index is 12.9. The van der Waals surface area contributed by atoms with Crippen LogP contribution < -0.4 is 20.1 Å². The SMILES string of the molecule is CCc1c(Cl)cc(C(=O)Nc2cc(Cl)cc(Cl)c2)c(O)c1Cl.Cc1ccc(OCCCNC(=O)c2cc(OC3CCCCC3)c3ccccc3c2O)c(C)c1. The van der Waals surface area contributed by atoms with Crippen molar-refractivity contribution in [2.24, 2.45) is 0 Å². The van der Waals surface area contributed by atoms with Gasteiger partial charge in [0.05, 0.1) is 28.9 Å². The van der Waals surface area contributed by atoms with Gasteiger partial charge in [0.2, 0.25) is 0 Å². The number of phenols is 2. The number of benzene rings is 5. The Kier molecular flexibility index (Phi) is 14.8. The summed E-state index contributed by atoms with van der Waals surface area (Å²) in [5.41, 5.74) is 3.51. The van der Waals surface area contributed by atoms with Crippen molar-refractivity contribution in [3.05, 3.63) is 121 Å². The zero-order valence-corrected chi connectivity index (χ0v) is 33.9. The molecule has 0 spiro atoms. The number of fused-ring (bicyclic) bond motifs is 1. The van der Waals surface area contributed by atoms with Crippen molar-refractivity contribution in [1.29, 1.82) is 0 Å². The molecule has 4 N–H and O–H groups in total. The molecule has 1 saturated carbocycles. The van der Waals surface area contributed by atoms with Crippen LogP contribution in [0.4, 0.5) is 5.69 Å². The predicted molar refractivity (Wildman–Crippen MR) is 223 cm³/mol. The molecule has 5 aromatic carbocycles. The number of carbonyl (C=O) groups excluding carboxylic acids is 2. The van der Waals surface area contributed by atoms with Gasteiger partial charge < -0.3 is 30.3 Å². The van der Waals surface area contributed by atoms with Gasteiger partial charge in [-0.15, -0.1) is 0 Å². The Morgan fingerprint density at radius 3 is 2.13 bits per heavy atom. The Labute approximate surface area is 341 Å². The number of phenolic OH excluding ortho intramolecular Hbond substituents is 2. The molecule has 2 amide bonds. The van der Waals surface area contributed by atoms with E-state index in [4.69, 9.17) is 55.9 Å².